The summed E-state index contributed by atoms with van der Waals surface area (Å²) in [6, 6.07) is 3.97. The molecular weight excluding hydrogens is 422 g/mol. The highest BCUT2D eigenvalue weighted by molar-refractivity contribution is 7.15. The van der Waals surface area contributed by atoms with Crippen LogP contribution in [0.3, 0.4) is 0 Å². The van der Waals surface area contributed by atoms with Gasteiger partial charge in [0.2, 0.25) is 5.91 Å². The number of likely N-dealkylation sites (tertiary alicyclic amines) is 1. The Morgan fingerprint density at radius 1 is 1.29 bits per heavy atom. The average Bonchev–Trinajstić information content (AvgIpc) is 3.27. The largest absolute Gasteiger partial charge is 0.300 e. The number of benzene rings is 1. The monoisotopic (exact) mass is 443 g/mol. The van der Waals surface area contributed by atoms with E-state index in [2.05, 4.69) is 22.1 Å². The van der Waals surface area contributed by atoms with Gasteiger partial charge in [0, 0.05) is 35.8 Å². The minimum Gasteiger partial charge on any atom is -0.300 e. The fourth-order valence-corrected chi connectivity index (χ4v) is 4.72. The lowest BCUT2D eigenvalue weighted by Gasteiger charge is -2.32. The Bertz CT molecular complexity index is 1070. The summed E-state index contributed by atoms with van der Waals surface area (Å²) >= 11 is 1.36. The lowest BCUT2D eigenvalue weighted by atomic mass is 10.0. The maximum Gasteiger partial charge on any atom is 0.270 e. The zero-order chi connectivity index (χ0) is 22.1. The van der Waals surface area contributed by atoms with Crippen LogP contribution >= 0.6 is 11.3 Å². The summed E-state index contributed by atoms with van der Waals surface area (Å²) < 4.78 is 0. The molecule has 3 heterocycles. The summed E-state index contributed by atoms with van der Waals surface area (Å²) in [6.07, 6.45) is 5.32. The number of carbonyl (C=O) groups is 3. The summed E-state index contributed by atoms with van der Waals surface area (Å²) in [7, 11) is 0. The second kappa shape index (κ2) is 8.52. The second-order valence-corrected chi connectivity index (χ2v) is 8.79. The maximum atomic E-state index is 12.5. The summed E-state index contributed by atoms with van der Waals surface area (Å²) in [4.78, 5) is 56.1. The van der Waals surface area contributed by atoms with Crippen molar-refractivity contribution in [1.29, 1.82) is 0 Å². The summed E-state index contributed by atoms with van der Waals surface area (Å²) in [6.45, 7) is 3.53. The third kappa shape index (κ3) is 4.32. The van der Waals surface area contributed by atoms with Gasteiger partial charge in [-0.25, -0.2) is 4.98 Å². The minimum absolute atomic E-state index is 0.0515. The van der Waals surface area contributed by atoms with Crippen molar-refractivity contribution in [2.24, 2.45) is 0 Å². The minimum atomic E-state index is -0.724. The van der Waals surface area contributed by atoms with E-state index in [1.807, 2.05) is 0 Å². The molecule has 0 spiro atoms. The number of anilines is 1. The van der Waals surface area contributed by atoms with E-state index in [4.69, 9.17) is 0 Å². The fourth-order valence-electron chi connectivity index (χ4n) is 3.87. The molecular formula is C20H21N5O5S. The number of nitrogens with zero attached hydrogens (tertiary/aromatic N) is 4. The normalized spacial score (nSPS) is 18.9. The van der Waals surface area contributed by atoms with Gasteiger partial charge in [-0.1, -0.05) is 6.42 Å². The van der Waals surface area contributed by atoms with Gasteiger partial charge in [-0.05, 0) is 32.4 Å². The van der Waals surface area contributed by atoms with E-state index in [0.717, 1.165) is 35.0 Å². The molecule has 1 atom stereocenters. The first-order valence-corrected chi connectivity index (χ1v) is 10.8. The van der Waals surface area contributed by atoms with Crippen molar-refractivity contribution in [3.63, 3.8) is 0 Å². The molecule has 1 aromatic heterocycles. The van der Waals surface area contributed by atoms with Gasteiger partial charge in [-0.3, -0.25) is 34.3 Å². The third-order valence-electron chi connectivity index (χ3n) is 5.57. The molecule has 162 valence electrons. The Morgan fingerprint density at radius 3 is 2.81 bits per heavy atom. The van der Waals surface area contributed by atoms with Crippen LogP contribution in [-0.2, 0) is 11.3 Å². The quantitative estimate of drug-likeness (QED) is 0.413. The first-order valence-electron chi connectivity index (χ1n) is 9.96. The molecule has 2 aliphatic heterocycles. The van der Waals surface area contributed by atoms with E-state index in [9.17, 15) is 24.5 Å². The Balaban J connectivity index is 1.38. The predicted octanol–water partition coefficient (Wildman–Crippen LogP) is 2.66. The van der Waals surface area contributed by atoms with Gasteiger partial charge in [0.15, 0.2) is 5.13 Å². The van der Waals surface area contributed by atoms with E-state index in [1.165, 1.54) is 36.7 Å². The molecule has 10 nitrogen and oxygen atoms in total. The molecule has 0 saturated carbocycles. The zero-order valence-electron chi connectivity index (χ0n) is 16.9. The van der Waals surface area contributed by atoms with Crippen molar-refractivity contribution in [2.45, 2.75) is 38.8 Å². The fraction of sp³-hybridized carbons (Fsp3) is 0.400. The number of nitro groups is 1. The van der Waals surface area contributed by atoms with Crippen molar-refractivity contribution in [1.82, 2.24) is 14.8 Å². The lowest BCUT2D eigenvalue weighted by molar-refractivity contribution is -0.384. The van der Waals surface area contributed by atoms with Gasteiger partial charge in [-0.15, -0.1) is 11.3 Å². The van der Waals surface area contributed by atoms with Gasteiger partial charge in [0.1, 0.15) is 6.54 Å². The van der Waals surface area contributed by atoms with E-state index in [0.29, 0.717) is 11.2 Å². The molecule has 1 N–H and O–H groups in total. The van der Waals surface area contributed by atoms with Crippen molar-refractivity contribution in [3.05, 3.63) is 50.5 Å². The summed E-state index contributed by atoms with van der Waals surface area (Å²) in [5.74, 6) is -1.93. The maximum absolute atomic E-state index is 12.5. The Morgan fingerprint density at radius 2 is 2.06 bits per heavy atom. The molecule has 0 bridgehead atoms. The van der Waals surface area contributed by atoms with E-state index in [-0.39, 0.29) is 16.8 Å². The number of thiazole rings is 1. The number of imide groups is 1. The molecule has 3 amide bonds. The second-order valence-electron chi connectivity index (χ2n) is 7.68. The van der Waals surface area contributed by atoms with Crippen LogP contribution in [0.4, 0.5) is 10.8 Å². The van der Waals surface area contributed by atoms with E-state index >= 15 is 0 Å². The van der Waals surface area contributed by atoms with Gasteiger partial charge in [0.05, 0.1) is 16.1 Å². The molecule has 4 rings (SSSR count). The summed E-state index contributed by atoms with van der Waals surface area (Å²) in [5, 5.41) is 14.0. The molecule has 31 heavy (non-hydrogen) atoms. The van der Waals surface area contributed by atoms with E-state index in [1.54, 1.807) is 6.20 Å². The first-order chi connectivity index (χ1) is 14.8. The molecule has 1 unspecified atom stereocenters. The SMILES string of the molecule is CC1CCCCN1Cc1cnc(NC(=O)CN2C(=O)c3ccc([N+](=O)[O-])cc3C2=O)s1. The average molecular weight is 443 g/mol. The highest BCUT2D eigenvalue weighted by Crippen LogP contribution is 2.27. The number of non-ortho nitro benzene ring substituents is 1. The molecule has 1 aromatic carbocycles. The number of hydrogen-bond donors (Lipinski definition) is 1. The number of amides is 3. The Kier molecular flexibility index (Phi) is 5.79. The van der Waals surface area contributed by atoms with Gasteiger partial charge in [-0.2, -0.15) is 0 Å². The first kappa shape index (κ1) is 21.1. The molecule has 2 aromatic rings. The van der Waals surface area contributed by atoms with Crippen LogP contribution in [0.5, 0.6) is 0 Å². The van der Waals surface area contributed by atoms with Crippen LogP contribution in [0.15, 0.2) is 24.4 Å². The number of nitrogens with one attached hydrogen (secondary N) is 1. The smallest absolute Gasteiger partial charge is 0.270 e. The van der Waals surface area contributed by atoms with Gasteiger partial charge in [0.25, 0.3) is 17.5 Å². The van der Waals surface area contributed by atoms with Crippen LogP contribution in [0.2, 0.25) is 0 Å². The van der Waals surface area contributed by atoms with Gasteiger partial charge >= 0.3 is 0 Å². The number of nitro benzene ring substituents is 1. The molecule has 1 fully saturated rings. The van der Waals surface area contributed by atoms with Crippen LogP contribution in [0.25, 0.3) is 0 Å². The number of fused-ring (bicyclic) bond motifs is 1. The summed E-state index contributed by atoms with van der Waals surface area (Å²) in [5.41, 5.74) is -0.306. The Hall–Kier alpha value is -3.18. The molecule has 0 aliphatic carbocycles. The van der Waals surface area contributed by atoms with Gasteiger partial charge < -0.3 is 5.32 Å². The molecule has 2 aliphatic rings. The number of piperidine rings is 1. The van der Waals surface area contributed by atoms with Crippen LogP contribution in [-0.4, -0.2) is 56.6 Å². The highest BCUT2D eigenvalue weighted by Gasteiger charge is 2.38. The number of rotatable bonds is 6. The number of aromatic nitrogens is 1. The van der Waals surface area contributed by atoms with Crippen LogP contribution < -0.4 is 5.32 Å². The number of carbonyl (C=O) groups excluding carboxylic acids is 3. The van der Waals surface area contributed by atoms with Crippen molar-refractivity contribution in [3.8, 4) is 0 Å². The van der Waals surface area contributed by atoms with Crippen molar-refractivity contribution < 1.29 is 19.3 Å². The lowest BCUT2D eigenvalue weighted by Crippen LogP contribution is -2.37. The number of hydrogen-bond acceptors (Lipinski definition) is 8. The van der Waals surface area contributed by atoms with Crippen LogP contribution in [0, 0.1) is 10.1 Å². The Labute approximate surface area is 182 Å². The third-order valence-corrected chi connectivity index (χ3v) is 6.46. The predicted molar refractivity (Wildman–Crippen MR) is 113 cm³/mol. The highest BCUT2D eigenvalue weighted by atomic mass is 32.1. The topological polar surface area (TPSA) is 126 Å². The van der Waals surface area contributed by atoms with Crippen molar-refractivity contribution >= 4 is 39.9 Å². The van der Waals surface area contributed by atoms with Crippen LogP contribution in [0.1, 0.15) is 51.8 Å². The standard InChI is InChI=1S/C20H21N5O5S/c1-12-4-2-3-7-23(12)10-14-9-21-20(31-14)22-17(26)11-24-18(27)15-6-5-13(25(29)30)8-16(15)19(24)28/h5-6,8-9,12H,2-4,7,10-11H2,1H3,(H,21,22,26). The molecule has 0 radical (unpaired) electrons. The van der Waals surface area contributed by atoms with E-state index < -0.39 is 29.2 Å². The molecule has 1 saturated heterocycles. The van der Waals surface area contributed by atoms with Crippen molar-refractivity contribution in [2.75, 3.05) is 18.4 Å². The zero-order valence-corrected chi connectivity index (χ0v) is 17.7. The molecule has 11 heteroatoms.